The van der Waals surface area contributed by atoms with Crippen LogP contribution in [0.3, 0.4) is 0 Å². The Morgan fingerprint density at radius 1 is 1.33 bits per heavy atom. The van der Waals surface area contributed by atoms with Gasteiger partial charge in [0.2, 0.25) is 0 Å². The predicted octanol–water partition coefficient (Wildman–Crippen LogP) is 2.11. The number of hydrogen-bond acceptors (Lipinski definition) is 3. The first kappa shape index (κ1) is 13.5. The fraction of sp³-hybridized carbons (Fsp3) is 0.571. The first-order valence-electron chi connectivity index (χ1n) is 6.36. The minimum absolute atomic E-state index is 0.116. The molecule has 0 bridgehead atoms. The Kier molecular flexibility index (Phi) is 4.69. The maximum atomic E-state index is 12.8. The van der Waals surface area contributed by atoms with Gasteiger partial charge in [0.1, 0.15) is 5.82 Å². The summed E-state index contributed by atoms with van der Waals surface area (Å²) in [7, 11) is 1.71. The quantitative estimate of drug-likeness (QED) is 0.842. The summed E-state index contributed by atoms with van der Waals surface area (Å²) in [5.41, 5.74) is 1.08. The first-order chi connectivity index (χ1) is 8.74. The molecule has 0 radical (unpaired) electrons. The van der Waals surface area contributed by atoms with Crippen LogP contribution in [0.25, 0.3) is 0 Å². The van der Waals surface area contributed by atoms with Gasteiger partial charge < -0.3 is 14.8 Å². The normalized spacial score (nSPS) is 26.9. The molecule has 1 N–H and O–H groups in total. The van der Waals surface area contributed by atoms with Crippen LogP contribution in [0.5, 0.6) is 0 Å². The Labute approximate surface area is 107 Å². The van der Waals surface area contributed by atoms with E-state index < -0.39 is 0 Å². The second-order valence-electron chi connectivity index (χ2n) is 4.54. The summed E-state index contributed by atoms with van der Waals surface area (Å²) in [4.78, 5) is 0. The van der Waals surface area contributed by atoms with Crippen molar-refractivity contribution in [2.75, 3.05) is 13.7 Å². The van der Waals surface area contributed by atoms with Crippen LogP contribution in [-0.2, 0) is 16.0 Å². The van der Waals surface area contributed by atoms with Crippen LogP contribution >= 0.6 is 0 Å². The summed E-state index contributed by atoms with van der Waals surface area (Å²) in [6.45, 7) is 3.44. The van der Waals surface area contributed by atoms with Gasteiger partial charge in [-0.15, -0.1) is 0 Å². The molecule has 3 atom stereocenters. The van der Waals surface area contributed by atoms with Crippen molar-refractivity contribution in [3.8, 4) is 0 Å². The average Bonchev–Trinajstić information content (AvgIpc) is 2.35. The van der Waals surface area contributed by atoms with E-state index in [1.165, 1.54) is 12.1 Å². The molecule has 0 spiro atoms. The van der Waals surface area contributed by atoms with Crippen molar-refractivity contribution < 1.29 is 13.9 Å². The molecule has 3 nitrogen and oxygen atoms in total. The summed E-state index contributed by atoms with van der Waals surface area (Å²) in [6, 6.07) is 6.87. The molecule has 1 saturated carbocycles. The van der Waals surface area contributed by atoms with Crippen molar-refractivity contribution >= 4 is 0 Å². The highest BCUT2D eigenvalue weighted by atomic mass is 19.1. The summed E-state index contributed by atoms with van der Waals surface area (Å²) in [5, 5.41) is 3.42. The van der Waals surface area contributed by atoms with E-state index in [9.17, 15) is 4.39 Å². The van der Waals surface area contributed by atoms with E-state index in [-0.39, 0.29) is 18.0 Å². The zero-order chi connectivity index (χ0) is 13.0. The van der Waals surface area contributed by atoms with Gasteiger partial charge in [-0.25, -0.2) is 4.39 Å². The number of halogens is 1. The van der Waals surface area contributed by atoms with E-state index in [1.54, 1.807) is 19.2 Å². The maximum Gasteiger partial charge on any atom is 0.123 e. The number of benzene rings is 1. The molecule has 100 valence electrons. The van der Waals surface area contributed by atoms with Gasteiger partial charge in [0.15, 0.2) is 0 Å². The topological polar surface area (TPSA) is 30.5 Å². The van der Waals surface area contributed by atoms with E-state index in [1.807, 2.05) is 6.92 Å². The van der Waals surface area contributed by atoms with Gasteiger partial charge in [0, 0.05) is 26.3 Å². The molecule has 2 rings (SSSR count). The smallest absolute Gasteiger partial charge is 0.123 e. The number of nitrogens with one attached hydrogen (secondary N) is 1. The molecule has 0 aliphatic heterocycles. The molecule has 1 aliphatic carbocycles. The van der Waals surface area contributed by atoms with E-state index in [0.717, 1.165) is 25.1 Å². The SMILES string of the molecule is CCOC1CC(NCc2ccc(F)cc2)C1OC. The molecule has 1 aromatic carbocycles. The van der Waals surface area contributed by atoms with Crippen LogP contribution in [0.2, 0.25) is 0 Å². The Hall–Kier alpha value is -0.970. The van der Waals surface area contributed by atoms with Gasteiger partial charge in [-0.2, -0.15) is 0 Å². The van der Waals surface area contributed by atoms with Gasteiger partial charge >= 0.3 is 0 Å². The van der Waals surface area contributed by atoms with Gasteiger partial charge in [-0.1, -0.05) is 12.1 Å². The molecule has 3 unspecified atom stereocenters. The van der Waals surface area contributed by atoms with Gasteiger partial charge in [0.05, 0.1) is 12.2 Å². The number of hydrogen-bond donors (Lipinski definition) is 1. The predicted molar refractivity (Wildman–Crippen MR) is 67.9 cm³/mol. The number of ether oxygens (including phenoxy) is 2. The fourth-order valence-corrected chi connectivity index (χ4v) is 2.33. The van der Waals surface area contributed by atoms with Crippen LogP contribution < -0.4 is 5.32 Å². The van der Waals surface area contributed by atoms with Crippen molar-refractivity contribution in [1.82, 2.24) is 5.32 Å². The highest BCUT2D eigenvalue weighted by molar-refractivity contribution is 5.16. The van der Waals surface area contributed by atoms with Gasteiger partial charge in [-0.3, -0.25) is 0 Å². The van der Waals surface area contributed by atoms with Crippen LogP contribution in [0.4, 0.5) is 4.39 Å². The van der Waals surface area contributed by atoms with Crippen molar-refractivity contribution in [2.24, 2.45) is 0 Å². The maximum absolute atomic E-state index is 12.8. The monoisotopic (exact) mass is 253 g/mol. The van der Waals surface area contributed by atoms with Crippen LogP contribution in [0, 0.1) is 5.82 Å². The number of rotatable bonds is 6. The van der Waals surface area contributed by atoms with Crippen LogP contribution in [0.1, 0.15) is 18.9 Å². The first-order valence-corrected chi connectivity index (χ1v) is 6.36. The highest BCUT2D eigenvalue weighted by Crippen LogP contribution is 2.27. The molecule has 1 fully saturated rings. The van der Waals surface area contributed by atoms with E-state index >= 15 is 0 Å². The molecular formula is C14H20FNO2. The molecule has 0 aromatic heterocycles. The third-order valence-corrected chi connectivity index (χ3v) is 3.38. The van der Waals surface area contributed by atoms with Crippen molar-refractivity contribution in [1.29, 1.82) is 0 Å². The van der Waals surface area contributed by atoms with E-state index in [0.29, 0.717) is 6.04 Å². The standard InChI is InChI=1S/C14H20FNO2/c1-3-18-13-8-12(14(13)17-2)16-9-10-4-6-11(15)7-5-10/h4-7,12-14,16H,3,8-9H2,1-2H3. The van der Waals surface area contributed by atoms with Crippen molar-refractivity contribution in [3.05, 3.63) is 35.6 Å². The Balaban J connectivity index is 1.79. The van der Waals surface area contributed by atoms with E-state index in [2.05, 4.69) is 5.32 Å². The van der Waals surface area contributed by atoms with Gasteiger partial charge in [0.25, 0.3) is 0 Å². The molecular weight excluding hydrogens is 233 g/mol. The lowest BCUT2D eigenvalue weighted by Gasteiger charge is -2.43. The lowest BCUT2D eigenvalue weighted by Crippen LogP contribution is -2.59. The molecule has 1 aromatic rings. The van der Waals surface area contributed by atoms with Crippen LogP contribution in [-0.4, -0.2) is 32.0 Å². The molecule has 0 heterocycles. The second kappa shape index (κ2) is 6.27. The zero-order valence-electron chi connectivity index (χ0n) is 10.9. The van der Waals surface area contributed by atoms with Crippen molar-refractivity contribution in [2.45, 2.75) is 38.1 Å². The third-order valence-electron chi connectivity index (χ3n) is 3.38. The van der Waals surface area contributed by atoms with Crippen molar-refractivity contribution in [3.63, 3.8) is 0 Å². The van der Waals surface area contributed by atoms with Crippen LogP contribution in [0.15, 0.2) is 24.3 Å². The number of methoxy groups -OCH3 is 1. The third kappa shape index (κ3) is 3.07. The Bertz CT molecular complexity index is 369. The zero-order valence-corrected chi connectivity index (χ0v) is 10.9. The summed E-state index contributed by atoms with van der Waals surface area (Å²) in [6.07, 6.45) is 1.28. The second-order valence-corrected chi connectivity index (χ2v) is 4.54. The van der Waals surface area contributed by atoms with Gasteiger partial charge in [-0.05, 0) is 31.0 Å². The summed E-state index contributed by atoms with van der Waals surface area (Å²) in [5.74, 6) is -0.200. The molecule has 18 heavy (non-hydrogen) atoms. The lowest BCUT2D eigenvalue weighted by atomic mass is 9.85. The lowest BCUT2D eigenvalue weighted by molar-refractivity contribution is -0.131. The average molecular weight is 253 g/mol. The molecule has 1 aliphatic rings. The fourth-order valence-electron chi connectivity index (χ4n) is 2.33. The molecule has 4 heteroatoms. The minimum Gasteiger partial charge on any atom is -0.377 e. The summed E-state index contributed by atoms with van der Waals surface area (Å²) >= 11 is 0. The Morgan fingerprint density at radius 2 is 2.06 bits per heavy atom. The molecule has 0 amide bonds. The Morgan fingerprint density at radius 3 is 2.67 bits per heavy atom. The largest absolute Gasteiger partial charge is 0.377 e. The minimum atomic E-state index is -0.200. The molecule has 0 saturated heterocycles. The highest BCUT2D eigenvalue weighted by Gasteiger charge is 2.41. The summed E-state index contributed by atoms with van der Waals surface area (Å²) < 4.78 is 23.7. The van der Waals surface area contributed by atoms with E-state index in [4.69, 9.17) is 9.47 Å².